The molecule has 3 aromatic carbocycles. The van der Waals surface area contributed by atoms with Crippen molar-refractivity contribution in [1.82, 2.24) is 14.5 Å². The summed E-state index contributed by atoms with van der Waals surface area (Å²) in [5.41, 5.74) is 1.41. The summed E-state index contributed by atoms with van der Waals surface area (Å²) in [5.74, 6) is -0.484. The molecule has 11 heteroatoms. The fourth-order valence-electron chi connectivity index (χ4n) is 4.36. The second-order valence-corrected chi connectivity index (χ2v) is 11.6. The van der Waals surface area contributed by atoms with E-state index in [9.17, 15) is 18.0 Å². The first kappa shape index (κ1) is 30.3. The number of nitrogens with zero attached hydrogens (tertiary/aromatic N) is 2. The number of hydrogen-bond donors (Lipinski definition) is 1. The zero-order chi connectivity index (χ0) is 29.2. The SMILES string of the molecule is C=CCNC(=O)[C@H](c1ccccc1)N(Cc1ccc(Cl)cc1)C(=O)COc1ccc(S(=O)(=O)N2CCOCC2)cc1. The van der Waals surface area contributed by atoms with Gasteiger partial charge in [0.15, 0.2) is 6.61 Å². The normalized spacial score (nSPS) is 14.6. The number of rotatable bonds is 12. The van der Waals surface area contributed by atoms with Crippen molar-refractivity contribution in [2.75, 3.05) is 39.5 Å². The Hall–Kier alpha value is -3.70. The molecule has 0 aliphatic carbocycles. The highest BCUT2D eigenvalue weighted by atomic mass is 35.5. The van der Waals surface area contributed by atoms with Crippen LogP contribution in [-0.2, 0) is 30.9 Å². The van der Waals surface area contributed by atoms with Gasteiger partial charge in [-0.05, 0) is 47.5 Å². The third-order valence-electron chi connectivity index (χ3n) is 6.48. The van der Waals surface area contributed by atoms with Gasteiger partial charge in [0.2, 0.25) is 15.9 Å². The topological polar surface area (TPSA) is 105 Å². The molecule has 0 saturated carbocycles. The van der Waals surface area contributed by atoms with Gasteiger partial charge in [-0.2, -0.15) is 4.31 Å². The molecule has 1 fully saturated rings. The fourth-order valence-corrected chi connectivity index (χ4v) is 5.89. The van der Waals surface area contributed by atoms with Crippen molar-refractivity contribution in [1.29, 1.82) is 0 Å². The molecule has 4 rings (SSSR count). The number of ether oxygens (including phenoxy) is 2. The van der Waals surface area contributed by atoms with Crippen molar-refractivity contribution >= 4 is 33.4 Å². The van der Waals surface area contributed by atoms with Crippen LogP contribution in [0, 0.1) is 0 Å². The second-order valence-electron chi connectivity index (χ2n) is 9.27. The molecule has 1 aliphatic rings. The van der Waals surface area contributed by atoms with Gasteiger partial charge in [0, 0.05) is 31.2 Å². The number of hydrogen-bond acceptors (Lipinski definition) is 6. The van der Waals surface area contributed by atoms with E-state index >= 15 is 0 Å². The zero-order valence-corrected chi connectivity index (χ0v) is 24.0. The summed E-state index contributed by atoms with van der Waals surface area (Å²) in [7, 11) is -3.66. The number of halogens is 1. The van der Waals surface area contributed by atoms with Crippen LogP contribution in [0.25, 0.3) is 0 Å². The van der Waals surface area contributed by atoms with E-state index in [1.54, 1.807) is 54.6 Å². The summed E-state index contributed by atoms with van der Waals surface area (Å²) in [6, 6.07) is 21.0. The number of benzene rings is 3. The van der Waals surface area contributed by atoms with Gasteiger partial charge in [-0.15, -0.1) is 6.58 Å². The number of carbonyl (C=O) groups excluding carboxylic acids is 2. The Morgan fingerprint density at radius 2 is 1.68 bits per heavy atom. The molecule has 1 heterocycles. The standard InChI is InChI=1S/C30H32ClN3O6S/c1-2-16-32-30(36)29(24-6-4-3-5-7-24)34(21-23-8-10-25(31)11-9-23)28(35)22-40-26-12-14-27(15-13-26)41(37,38)33-17-19-39-20-18-33/h2-15,29H,1,16-22H2,(H,32,36)/t29-/m0/s1. The molecule has 41 heavy (non-hydrogen) atoms. The van der Waals surface area contributed by atoms with Crippen LogP contribution in [0.1, 0.15) is 17.2 Å². The van der Waals surface area contributed by atoms with Gasteiger partial charge in [0.05, 0.1) is 18.1 Å². The average molecular weight is 598 g/mol. The number of nitrogens with one attached hydrogen (secondary N) is 1. The van der Waals surface area contributed by atoms with Gasteiger partial charge in [-0.25, -0.2) is 8.42 Å². The summed E-state index contributed by atoms with van der Waals surface area (Å²) in [6.45, 7) is 4.93. The van der Waals surface area contributed by atoms with E-state index in [2.05, 4.69) is 11.9 Å². The molecule has 1 aliphatic heterocycles. The van der Waals surface area contributed by atoms with Crippen molar-refractivity contribution in [3.63, 3.8) is 0 Å². The van der Waals surface area contributed by atoms with Crippen molar-refractivity contribution in [3.8, 4) is 5.75 Å². The van der Waals surface area contributed by atoms with E-state index in [0.29, 0.717) is 42.6 Å². The third kappa shape index (κ3) is 7.95. The van der Waals surface area contributed by atoms with Crippen LogP contribution in [0.2, 0.25) is 5.02 Å². The van der Waals surface area contributed by atoms with E-state index in [4.69, 9.17) is 21.1 Å². The Balaban J connectivity index is 1.55. The van der Waals surface area contributed by atoms with Gasteiger partial charge < -0.3 is 19.7 Å². The predicted molar refractivity (Wildman–Crippen MR) is 156 cm³/mol. The van der Waals surface area contributed by atoms with Crippen molar-refractivity contribution < 1.29 is 27.5 Å². The van der Waals surface area contributed by atoms with Crippen molar-refractivity contribution in [3.05, 3.63) is 108 Å². The molecule has 1 atom stereocenters. The Labute approximate surface area is 245 Å². The predicted octanol–water partition coefficient (Wildman–Crippen LogP) is 3.81. The van der Waals surface area contributed by atoms with Crippen LogP contribution in [0.15, 0.2) is 96.4 Å². The molecule has 0 unspecified atom stereocenters. The van der Waals surface area contributed by atoms with Crippen LogP contribution in [-0.4, -0.2) is 68.9 Å². The molecule has 0 spiro atoms. The average Bonchev–Trinajstić information content (AvgIpc) is 3.00. The summed E-state index contributed by atoms with van der Waals surface area (Å²) < 4.78 is 38.2. The number of amides is 2. The van der Waals surface area contributed by atoms with E-state index < -0.39 is 22.0 Å². The van der Waals surface area contributed by atoms with Gasteiger partial charge in [-0.3, -0.25) is 9.59 Å². The van der Waals surface area contributed by atoms with E-state index in [1.165, 1.54) is 33.5 Å². The minimum absolute atomic E-state index is 0.122. The number of morpholine rings is 1. The molecule has 1 saturated heterocycles. The Kier molecular flexibility index (Phi) is 10.5. The maximum Gasteiger partial charge on any atom is 0.261 e. The molecule has 2 amide bonds. The third-order valence-corrected chi connectivity index (χ3v) is 8.64. The van der Waals surface area contributed by atoms with Gasteiger partial charge >= 0.3 is 0 Å². The van der Waals surface area contributed by atoms with Crippen LogP contribution in [0.3, 0.4) is 0 Å². The lowest BCUT2D eigenvalue weighted by Crippen LogP contribution is -2.45. The maximum atomic E-state index is 13.7. The Morgan fingerprint density at radius 3 is 2.32 bits per heavy atom. The number of carbonyl (C=O) groups is 2. The second kappa shape index (κ2) is 14.3. The first-order chi connectivity index (χ1) is 19.8. The highest BCUT2D eigenvalue weighted by Crippen LogP contribution is 2.26. The molecule has 3 aromatic rings. The van der Waals surface area contributed by atoms with E-state index in [0.717, 1.165) is 5.56 Å². The molecular weight excluding hydrogens is 566 g/mol. The van der Waals surface area contributed by atoms with Crippen LogP contribution >= 0.6 is 11.6 Å². The molecule has 0 bridgehead atoms. The zero-order valence-electron chi connectivity index (χ0n) is 22.4. The molecule has 0 radical (unpaired) electrons. The molecule has 0 aromatic heterocycles. The van der Waals surface area contributed by atoms with E-state index in [-0.39, 0.29) is 30.5 Å². The fraction of sp³-hybridized carbons (Fsp3) is 0.267. The highest BCUT2D eigenvalue weighted by molar-refractivity contribution is 7.89. The highest BCUT2D eigenvalue weighted by Gasteiger charge is 2.32. The van der Waals surface area contributed by atoms with Crippen LogP contribution < -0.4 is 10.1 Å². The van der Waals surface area contributed by atoms with Crippen molar-refractivity contribution in [2.24, 2.45) is 0 Å². The lowest BCUT2D eigenvalue weighted by atomic mass is 10.0. The summed E-state index contributed by atoms with van der Waals surface area (Å²) in [6.07, 6.45) is 1.57. The number of sulfonamides is 1. The molecule has 1 N–H and O–H groups in total. The minimum atomic E-state index is -3.66. The molecule has 216 valence electrons. The molecule has 9 nitrogen and oxygen atoms in total. The largest absolute Gasteiger partial charge is 0.484 e. The Morgan fingerprint density at radius 1 is 1.02 bits per heavy atom. The monoisotopic (exact) mass is 597 g/mol. The summed E-state index contributed by atoms with van der Waals surface area (Å²) in [4.78, 5) is 28.6. The van der Waals surface area contributed by atoms with Crippen LogP contribution in [0.5, 0.6) is 5.75 Å². The summed E-state index contributed by atoms with van der Waals surface area (Å²) in [5, 5.41) is 3.35. The first-order valence-corrected chi connectivity index (χ1v) is 14.9. The van der Waals surface area contributed by atoms with Gasteiger partial charge in [-0.1, -0.05) is 60.1 Å². The summed E-state index contributed by atoms with van der Waals surface area (Å²) >= 11 is 6.06. The van der Waals surface area contributed by atoms with E-state index in [1.807, 2.05) is 6.07 Å². The van der Waals surface area contributed by atoms with Gasteiger partial charge in [0.25, 0.3) is 5.91 Å². The quantitative estimate of drug-likeness (QED) is 0.318. The van der Waals surface area contributed by atoms with Crippen LogP contribution in [0.4, 0.5) is 0 Å². The maximum absolute atomic E-state index is 13.7. The minimum Gasteiger partial charge on any atom is -0.484 e. The molecular formula is C30H32ClN3O6S. The lowest BCUT2D eigenvalue weighted by molar-refractivity contribution is -0.143. The van der Waals surface area contributed by atoms with Crippen molar-refractivity contribution in [2.45, 2.75) is 17.5 Å². The first-order valence-electron chi connectivity index (χ1n) is 13.1. The lowest BCUT2D eigenvalue weighted by Gasteiger charge is -2.31. The smallest absolute Gasteiger partial charge is 0.261 e. The Bertz CT molecular complexity index is 1430. The van der Waals surface area contributed by atoms with Gasteiger partial charge in [0.1, 0.15) is 11.8 Å².